The van der Waals surface area contributed by atoms with Gasteiger partial charge in [0.1, 0.15) is 0 Å². The number of hydrogen-bond donors (Lipinski definition) is 0. The van der Waals surface area contributed by atoms with E-state index in [0.717, 1.165) is 11.0 Å². The van der Waals surface area contributed by atoms with Gasteiger partial charge in [0.15, 0.2) is 11.3 Å². The number of rotatable bonds is 1. The largest absolute Gasteiger partial charge is 0.224 e. The van der Waals surface area contributed by atoms with Crippen LogP contribution >= 0.6 is 23.2 Å². The molecule has 0 atom stereocenters. The summed E-state index contributed by atoms with van der Waals surface area (Å²) in [6, 6.07) is 9.48. The number of hydrogen-bond acceptors (Lipinski definition) is 4. The molecule has 0 aliphatic heterocycles. The van der Waals surface area contributed by atoms with Crippen LogP contribution < -0.4 is 0 Å². The monoisotopic (exact) mass is 364 g/mol. The lowest BCUT2D eigenvalue weighted by Gasteiger charge is -2.08. The van der Waals surface area contributed by atoms with E-state index in [2.05, 4.69) is 38.2 Å². The Kier molecular flexibility index (Phi) is 3.23. The van der Waals surface area contributed by atoms with Crippen LogP contribution in [0.5, 0.6) is 0 Å². The van der Waals surface area contributed by atoms with Crippen molar-refractivity contribution in [2.75, 3.05) is 0 Å². The molecule has 0 N–H and O–H groups in total. The van der Waals surface area contributed by atoms with Gasteiger partial charge in [-0.3, -0.25) is 0 Å². The molecular weight excluding hydrogens is 355 g/mol. The first-order chi connectivity index (χ1) is 12.2. The van der Waals surface area contributed by atoms with Crippen molar-refractivity contribution in [1.29, 1.82) is 0 Å². The van der Waals surface area contributed by atoms with Crippen LogP contribution in [0.4, 0.5) is 0 Å². The zero-order valence-electron chi connectivity index (χ0n) is 12.8. The van der Waals surface area contributed by atoms with Gasteiger partial charge in [0.2, 0.25) is 0 Å². The summed E-state index contributed by atoms with van der Waals surface area (Å²) in [6.07, 6.45) is 8.39. The molecule has 0 saturated carbocycles. The predicted octanol–water partition coefficient (Wildman–Crippen LogP) is 5.24. The van der Waals surface area contributed by atoms with E-state index in [-0.39, 0.29) is 5.92 Å². The van der Waals surface area contributed by atoms with Gasteiger partial charge in [0, 0.05) is 5.92 Å². The summed E-state index contributed by atoms with van der Waals surface area (Å²) in [7, 11) is 0. The van der Waals surface area contributed by atoms with Crippen molar-refractivity contribution in [2.45, 2.75) is 5.92 Å². The summed E-state index contributed by atoms with van der Waals surface area (Å²) in [6.45, 7) is 0. The molecule has 1 aliphatic carbocycles. The van der Waals surface area contributed by atoms with E-state index in [1.54, 1.807) is 12.1 Å². The van der Waals surface area contributed by atoms with Gasteiger partial charge < -0.3 is 0 Å². The molecule has 5 rings (SSSR count). The van der Waals surface area contributed by atoms with Crippen LogP contribution in [0.15, 0.2) is 54.6 Å². The molecular formula is C19H10Cl2N4. The molecule has 0 spiro atoms. The van der Waals surface area contributed by atoms with Crippen LogP contribution in [0.25, 0.3) is 33.4 Å². The van der Waals surface area contributed by atoms with E-state index < -0.39 is 0 Å². The van der Waals surface area contributed by atoms with Crippen LogP contribution in [0.3, 0.4) is 0 Å². The number of nitrogens with zero attached hydrogens (tertiary/aromatic N) is 4. The van der Waals surface area contributed by atoms with E-state index >= 15 is 0 Å². The summed E-state index contributed by atoms with van der Waals surface area (Å²) in [5, 5.41) is 0.887. The van der Waals surface area contributed by atoms with Gasteiger partial charge >= 0.3 is 0 Å². The Morgan fingerprint density at radius 1 is 0.640 bits per heavy atom. The second-order valence-corrected chi connectivity index (χ2v) is 6.71. The fourth-order valence-corrected chi connectivity index (χ4v) is 3.31. The lowest BCUT2D eigenvalue weighted by molar-refractivity contribution is 1.10. The maximum atomic E-state index is 6.08. The smallest absolute Gasteiger partial charge is 0.199 e. The van der Waals surface area contributed by atoms with Gasteiger partial charge in [0.05, 0.1) is 32.1 Å². The maximum Gasteiger partial charge on any atom is 0.199 e. The number of aromatic nitrogens is 4. The molecule has 0 radical (unpaired) electrons. The molecule has 6 heteroatoms. The third-order valence-electron chi connectivity index (χ3n) is 4.26. The normalized spacial score (nSPS) is 14.3. The minimum absolute atomic E-state index is 0.283. The van der Waals surface area contributed by atoms with Crippen LogP contribution in [0.1, 0.15) is 11.5 Å². The second-order valence-electron chi connectivity index (χ2n) is 5.89. The summed E-state index contributed by atoms with van der Waals surface area (Å²) in [5.74, 6) is 0.283. The first kappa shape index (κ1) is 14.8. The average molecular weight is 365 g/mol. The number of benzene rings is 2. The molecule has 1 aliphatic rings. The molecule has 0 bridgehead atoms. The van der Waals surface area contributed by atoms with Crippen LogP contribution in [-0.2, 0) is 0 Å². The van der Waals surface area contributed by atoms with E-state index in [1.165, 1.54) is 5.56 Å². The van der Waals surface area contributed by atoms with Gasteiger partial charge in [-0.05, 0) is 29.8 Å². The quantitative estimate of drug-likeness (QED) is 0.433. The fourth-order valence-electron chi connectivity index (χ4n) is 3.00. The second kappa shape index (κ2) is 5.48. The Labute approximate surface area is 152 Å². The maximum absolute atomic E-state index is 6.08. The van der Waals surface area contributed by atoms with Crippen molar-refractivity contribution in [3.05, 3.63) is 70.2 Å². The highest BCUT2D eigenvalue weighted by molar-refractivity contribution is 6.42. The summed E-state index contributed by atoms with van der Waals surface area (Å²) in [4.78, 5) is 18.3. The van der Waals surface area contributed by atoms with Gasteiger partial charge in [-0.25, -0.2) is 19.9 Å². The van der Waals surface area contributed by atoms with Crippen LogP contribution in [-0.4, -0.2) is 19.9 Å². The molecule has 0 unspecified atom stereocenters. The number of allylic oxidation sites excluding steroid dienone is 4. The third-order valence-corrected chi connectivity index (χ3v) is 4.98. The first-order valence-electron chi connectivity index (χ1n) is 7.76. The van der Waals surface area contributed by atoms with Gasteiger partial charge in [-0.2, -0.15) is 0 Å². The summed E-state index contributed by atoms with van der Waals surface area (Å²) in [5.41, 5.74) is 5.04. The minimum atomic E-state index is 0.283. The highest BCUT2D eigenvalue weighted by Crippen LogP contribution is 2.28. The predicted molar refractivity (Wildman–Crippen MR) is 101 cm³/mol. The van der Waals surface area contributed by atoms with Crippen molar-refractivity contribution in [3.8, 4) is 0 Å². The van der Waals surface area contributed by atoms with Crippen molar-refractivity contribution in [1.82, 2.24) is 19.9 Å². The number of fused-ring (bicyclic) bond motifs is 3. The Morgan fingerprint density at radius 3 is 1.76 bits per heavy atom. The van der Waals surface area contributed by atoms with Crippen LogP contribution in [0.2, 0.25) is 10.0 Å². The third kappa shape index (κ3) is 2.46. The molecule has 4 nitrogen and oxygen atoms in total. The highest BCUT2D eigenvalue weighted by atomic mass is 35.5. The Hall–Kier alpha value is -2.56. The molecule has 0 amide bonds. The number of halogens is 2. The van der Waals surface area contributed by atoms with Gasteiger partial charge in [0.25, 0.3) is 0 Å². The van der Waals surface area contributed by atoms with Gasteiger partial charge in [-0.15, -0.1) is 0 Å². The molecule has 2 aromatic heterocycles. The zero-order chi connectivity index (χ0) is 17.0. The molecule has 120 valence electrons. The van der Waals surface area contributed by atoms with Crippen molar-refractivity contribution < 1.29 is 0 Å². The molecule has 4 aromatic rings. The lowest BCUT2D eigenvalue weighted by atomic mass is 10.0. The Morgan fingerprint density at radius 2 is 1.16 bits per heavy atom. The Bertz CT molecular complexity index is 1220. The zero-order valence-corrected chi connectivity index (χ0v) is 14.3. The van der Waals surface area contributed by atoms with Crippen molar-refractivity contribution in [2.24, 2.45) is 0 Å². The molecule has 0 saturated heterocycles. The fraction of sp³-hybridized carbons (Fsp3) is 0.0526. The van der Waals surface area contributed by atoms with Crippen LogP contribution in [0, 0.1) is 0 Å². The van der Waals surface area contributed by atoms with Gasteiger partial charge in [-0.1, -0.05) is 53.6 Å². The first-order valence-corrected chi connectivity index (χ1v) is 8.52. The molecule has 0 fully saturated rings. The molecule has 25 heavy (non-hydrogen) atoms. The summed E-state index contributed by atoms with van der Waals surface area (Å²) < 4.78 is 0. The van der Waals surface area contributed by atoms with Crippen molar-refractivity contribution in [3.63, 3.8) is 0 Å². The van der Waals surface area contributed by atoms with E-state index in [4.69, 9.17) is 23.2 Å². The van der Waals surface area contributed by atoms with E-state index in [9.17, 15) is 0 Å². The minimum Gasteiger partial charge on any atom is -0.224 e. The Balaban J connectivity index is 1.75. The van der Waals surface area contributed by atoms with E-state index in [1.807, 2.05) is 24.3 Å². The van der Waals surface area contributed by atoms with E-state index in [0.29, 0.717) is 32.4 Å². The molecule has 2 aromatic carbocycles. The average Bonchev–Trinajstić information content (AvgIpc) is 3.14. The lowest BCUT2D eigenvalue weighted by Crippen LogP contribution is -1.96. The standard InChI is InChI=1S/C19H10Cl2N4/c20-12-8-16-17(9-13(12)21)25-19-18(24-16)22-14-6-5-11(7-15(14)23-19)10-3-1-2-4-10/h1-10H. The topological polar surface area (TPSA) is 51.6 Å². The summed E-state index contributed by atoms with van der Waals surface area (Å²) >= 11 is 12.1. The van der Waals surface area contributed by atoms with Crippen molar-refractivity contribution >= 4 is 56.6 Å². The SMILES string of the molecule is Clc1cc2nc3nc4ccc(C5C=CC=C5)cc4nc3nc2cc1Cl. The molecule has 2 heterocycles. The highest BCUT2D eigenvalue weighted by Gasteiger charge is 2.12.